The van der Waals surface area contributed by atoms with E-state index in [1.54, 1.807) is 42.6 Å². The molecule has 1 amide bonds. The number of nitrogens with zero attached hydrogens (tertiary/aromatic N) is 2. The zero-order chi connectivity index (χ0) is 29.6. The first-order valence-corrected chi connectivity index (χ1v) is 14.2. The molecule has 1 N–H and O–H groups in total. The Labute approximate surface area is 248 Å². The molecule has 10 nitrogen and oxygen atoms in total. The van der Waals surface area contributed by atoms with Crippen LogP contribution in [-0.4, -0.2) is 55.7 Å². The van der Waals surface area contributed by atoms with Crippen molar-refractivity contribution >= 4 is 34.9 Å². The number of rotatable bonds is 9. The van der Waals surface area contributed by atoms with Crippen LogP contribution < -0.4 is 15.6 Å². The third-order valence-corrected chi connectivity index (χ3v) is 7.66. The van der Waals surface area contributed by atoms with Crippen molar-refractivity contribution in [2.24, 2.45) is 5.16 Å². The Morgan fingerprint density at radius 2 is 1.88 bits per heavy atom. The van der Waals surface area contributed by atoms with Gasteiger partial charge in [0.15, 0.2) is 0 Å². The Balaban J connectivity index is 1.52. The Bertz CT molecular complexity index is 1550. The van der Waals surface area contributed by atoms with Crippen LogP contribution in [0.2, 0.25) is 5.02 Å². The van der Waals surface area contributed by atoms with E-state index in [0.717, 1.165) is 30.5 Å². The number of carbonyl (C=O) groups is 2. The quantitative estimate of drug-likeness (QED) is 0.338. The van der Waals surface area contributed by atoms with Crippen LogP contribution in [0.4, 0.5) is 5.69 Å². The van der Waals surface area contributed by atoms with Crippen molar-refractivity contribution in [1.29, 1.82) is 0 Å². The summed E-state index contributed by atoms with van der Waals surface area (Å²) in [4.78, 5) is 44.5. The number of methoxy groups -OCH3 is 2. The van der Waals surface area contributed by atoms with Crippen molar-refractivity contribution in [1.82, 2.24) is 4.57 Å². The molecule has 1 aromatic heterocycles. The number of anilines is 1. The van der Waals surface area contributed by atoms with E-state index in [9.17, 15) is 14.4 Å². The third-order valence-electron chi connectivity index (χ3n) is 7.42. The normalized spacial score (nSPS) is 17.1. The maximum atomic E-state index is 13.7. The first kappa shape index (κ1) is 29.3. The summed E-state index contributed by atoms with van der Waals surface area (Å²) in [6, 6.07) is 12.3. The third kappa shape index (κ3) is 6.50. The van der Waals surface area contributed by atoms with Gasteiger partial charge in [-0.15, -0.1) is 0 Å². The highest BCUT2D eigenvalue weighted by Crippen LogP contribution is 2.35. The zero-order valence-electron chi connectivity index (χ0n) is 23.4. The number of carbonyl (C=O) groups excluding carboxylic acids is 2. The molecule has 1 unspecified atom stereocenters. The van der Waals surface area contributed by atoms with E-state index < -0.39 is 23.5 Å². The van der Waals surface area contributed by atoms with Gasteiger partial charge in [0.2, 0.25) is 5.91 Å². The molecule has 0 aliphatic carbocycles. The first-order chi connectivity index (χ1) is 20.4. The molecule has 5 rings (SSSR count). The Morgan fingerprint density at radius 1 is 1.07 bits per heavy atom. The van der Waals surface area contributed by atoms with Crippen molar-refractivity contribution < 1.29 is 28.6 Å². The average molecular weight is 594 g/mol. The molecule has 3 heterocycles. The molecule has 220 valence electrons. The Hall–Kier alpha value is -4.15. The van der Waals surface area contributed by atoms with Gasteiger partial charge in [0.05, 0.1) is 37.8 Å². The molecule has 2 atom stereocenters. The molecule has 3 aromatic rings. The summed E-state index contributed by atoms with van der Waals surface area (Å²) >= 11 is 6.37. The monoisotopic (exact) mass is 593 g/mol. The molecule has 1 fully saturated rings. The van der Waals surface area contributed by atoms with E-state index >= 15 is 0 Å². The number of halogens is 1. The number of amides is 1. The van der Waals surface area contributed by atoms with E-state index in [-0.39, 0.29) is 6.10 Å². The predicted octanol–water partition coefficient (Wildman–Crippen LogP) is 5.23. The number of pyridine rings is 1. The summed E-state index contributed by atoms with van der Waals surface area (Å²) in [6.45, 7) is 1.08. The number of esters is 1. The predicted molar refractivity (Wildman–Crippen MR) is 158 cm³/mol. The number of benzene rings is 2. The first-order valence-electron chi connectivity index (χ1n) is 13.8. The van der Waals surface area contributed by atoms with Gasteiger partial charge in [-0.25, -0.2) is 4.79 Å². The second-order valence-electron chi connectivity index (χ2n) is 10.1. The summed E-state index contributed by atoms with van der Waals surface area (Å²) in [5.74, 6) is -0.482. The van der Waals surface area contributed by atoms with Crippen LogP contribution in [-0.2, 0) is 19.1 Å². The smallest absolute Gasteiger partial charge is 0.337 e. The molecule has 1 saturated heterocycles. The van der Waals surface area contributed by atoms with E-state index in [1.807, 2.05) is 6.07 Å². The molecule has 42 heavy (non-hydrogen) atoms. The molecule has 0 radical (unpaired) electrons. The van der Waals surface area contributed by atoms with Crippen LogP contribution in [0.25, 0.3) is 11.1 Å². The van der Waals surface area contributed by atoms with Gasteiger partial charge in [0, 0.05) is 47.4 Å². The number of nitrogens with one attached hydrogen (secondary N) is 1. The van der Waals surface area contributed by atoms with E-state index in [2.05, 4.69) is 10.5 Å². The molecule has 2 aliphatic heterocycles. The lowest BCUT2D eigenvalue weighted by Crippen LogP contribution is -2.36. The maximum Gasteiger partial charge on any atom is 0.337 e. The van der Waals surface area contributed by atoms with Crippen molar-refractivity contribution in [3.05, 3.63) is 81.2 Å². The topological polar surface area (TPSA) is 117 Å². The average Bonchev–Trinajstić information content (AvgIpc) is 3.55. The highest BCUT2D eigenvalue weighted by Gasteiger charge is 2.29. The van der Waals surface area contributed by atoms with Gasteiger partial charge in [-0.05, 0) is 61.2 Å². The lowest BCUT2D eigenvalue weighted by molar-refractivity contribution is -0.121. The van der Waals surface area contributed by atoms with E-state index in [0.29, 0.717) is 59.2 Å². The van der Waals surface area contributed by atoms with Crippen LogP contribution in [0, 0.1) is 0 Å². The molecule has 11 heteroatoms. The van der Waals surface area contributed by atoms with Crippen LogP contribution in [0.5, 0.6) is 5.75 Å². The highest BCUT2D eigenvalue weighted by molar-refractivity contribution is 6.31. The van der Waals surface area contributed by atoms with E-state index in [1.165, 1.54) is 24.9 Å². The van der Waals surface area contributed by atoms with Crippen molar-refractivity contribution in [2.45, 2.75) is 44.2 Å². The number of hydrogen-bond donors (Lipinski definition) is 1. The van der Waals surface area contributed by atoms with Crippen LogP contribution >= 0.6 is 11.6 Å². The van der Waals surface area contributed by atoms with Crippen molar-refractivity contribution in [3.63, 3.8) is 0 Å². The standard InChI is InChI=1S/C31H32ClN3O7/c1-39-28-18-35(29(36)17-25(28)24-15-20(32)8-11-23(24)26-12-14-42-34-26)27(16-22-5-3-4-13-41-22)30(37)33-21-9-6-19(7-10-21)31(38)40-2/h6-11,15,17-18,22,27H,3-5,12-14,16H2,1-2H3,(H,33,37)/t22-,27?/m1/s1. The van der Waals surface area contributed by atoms with Crippen LogP contribution in [0.3, 0.4) is 0 Å². The lowest BCUT2D eigenvalue weighted by atomic mass is 9.95. The van der Waals surface area contributed by atoms with Crippen molar-refractivity contribution in [3.8, 4) is 16.9 Å². The van der Waals surface area contributed by atoms with Crippen LogP contribution in [0.15, 0.2) is 64.7 Å². The minimum absolute atomic E-state index is 0.186. The van der Waals surface area contributed by atoms with Gasteiger partial charge in [-0.1, -0.05) is 22.8 Å². The van der Waals surface area contributed by atoms with Gasteiger partial charge in [0.1, 0.15) is 18.4 Å². The zero-order valence-corrected chi connectivity index (χ0v) is 24.2. The van der Waals surface area contributed by atoms with Gasteiger partial charge in [-0.3, -0.25) is 14.2 Å². The lowest BCUT2D eigenvalue weighted by Gasteiger charge is -2.28. The Kier molecular flexibility index (Phi) is 9.24. The van der Waals surface area contributed by atoms with Gasteiger partial charge < -0.3 is 24.4 Å². The number of hydrogen-bond acceptors (Lipinski definition) is 8. The molecular formula is C31H32ClN3O7. The minimum atomic E-state index is -0.893. The summed E-state index contributed by atoms with van der Waals surface area (Å²) in [5.41, 5.74) is 3.17. The van der Waals surface area contributed by atoms with Gasteiger partial charge >= 0.3 is 5.97 Å². The largest absolute Gasteiger partial charge is 0.495 e. The van der Waals surface area contributed by atoms with Crippen molar-refractivity contribution in [2.75, 3.05) is 32.8 Å². The van der Waals surface area contributed by atoms with Gasteiger partial charge in [-0.2, -0.15) is 0 Å². The second-order valence-corrected chi connectivity index (χ2v) is 10.5. The number of ether oxygens (including phenoxy) is 3. The summed E-state index contributed by atoms with van der Waals surface area (Å²) < 4.78 is 17.8. The van der Waals surface area contributed by atoms with Gasteiger partial charge in [0.25, 0.3) is 5.56 Å². The second kappa shape index (κ2) is 13.2. The number of oxime groups is 1. The fourth-order valence-electron chi connectivity index (χ4n) is 5.25. The molecule has 0 bridgehead atoms. The maximum absolute atomic E-state index is 13.7. The molecule has 0 spiro atoms. The summed E-state index contributed by atoms with van der Waals surface area (Å²) in [6.07, 6.45) is 5.02. The highest BCUT2D eigenvalue weighted by atomic mass is 35.5. The summed E-state index contributed by atoms with van der Waals surface area (Å²) in [5, 5.41) is 7.53. The fraction of sp³-hybridized carbons (Fsp3) is 0.355. The molecule has 0 saturated carbocycles. The fourth-order valence-corrected chi connectivity index (χ4v) is 5.43. The minimum Gasteiger partial charge on any atom is -0.495 e. The molecule has 2 aliphatic rings. The Morgan fingerprint density at radius 3 is 2.55 bits per heavy atom. The number of aromatic nitrogens is 1. The van der Waals surface area contributed by atoms with Crippen LogP contribution in [0.1, 0.15) is 54.1 Å². The SMILES string of the molecule is COC(=O)c1ccc(NC(=O)C(C[C@H]2CCCCO2)n2cc(OC)c(-c3cc(Cl)ccc3C3=NOCC3)cc2=O)cc1. The molecular weight excluding hydrogens is 562 g/mol. The van der Waals surface area contributed by atoms with E-state index in [4.69, 9.17) is 30.6 Å². The molecule has 2 aromatic carbocycles. The summed E-state index contributed by atoms with van der Waals surface area (Å²) in [7, 11) is 2.81.